The molecule has 3 rings (SSSR count). The molecule has 9 heteroatoms. The lowest BCUT2D eigenvalue weighted by molar-refractivity contribution is 0.0954. The summed E-state index contributed by atoms with van der Waals surface area (Å²) in [7, 11) is 0. The van der Waals surface area contributed by atoms with Crippen LogP contribution in [0.25, 0.3) is 10.9 Å². The standard InChI is InChI=1S/C19H18FN7O/c1-2-23-19(28)13-8-11-7-12(20)3-4-15(11)27-16(13)5-6-24-18-14(9-21)17(22)25-10-26-18/h3-4,7-8,10H,2,5-6H2,1H3,(H,23,28)(H3,22,24,25,26). The van der Waals surface area contributed by atoms with Gasteiger partial charge in [0.15, 0.2) is 0 Å². The van der Waals surface area contributed by atoms with Crippen molar-refractivity contribution < 1.29 is 9.18 Å². The number of nitrogens with one attached hydrogen (secondary N) is 2. The molecule has 0 saturated carbocycles. The zero-order valence-corrected chi connectivity index (χ0v) is 15.2. The smallest absolute Gasteiger partial charge is 0.253 e. The van der Waals surface area contributed by atoms with Crippen LogP contribution in [0.4, 0.5) is 16.0 Å². The van der Waals surface area contributed by atoms with Crippen molar-refractivity contribution >= 4 is 28.4 Å². The number of amides is 1. The molecule has 0 unspecified atom stereocenters. The van der Waals surface area contributed by atoms with E-state index in [9.17, 15) is 14.4 Å². The summed E-state index contributed by atoms with van der Waals surface area (Å²) in [5.74, 6) is -0.262. The number of aromatic nitrogens is 3. The first-order valence-electron chi connectivity index (χ1n) is 8.65. The van der Waals surface area contributed by atoms with Crippen molar-refractivity contribution in [1.82, 2.24) is 20.3 Å². The first kappa shape index (κ1) is 19.0. The quantitative estimate of drug-likeness (QED) is 0.597. The molecule has 0 bridgehead atoms. The van der Waals surface area contributed by atoms with Gasteiger partial charge >= 0.3 is 0 Å². The Morgan fingerprint density at radius 2 is 2.14 bits per heavy atom. The van der Waals surface area contributed by atoms with E-state index in [2.05, 4.69) is 25.6 Å². The van der Waals surface area contributed by atoms with Crippen LogP contribution in [0.3, 0.4) is 0 Å². The average Bonchev–Trinajstić information content (AvgIpc) is 2.68. The number of benzene rings is 1. The number of hydrogen-bond donors (Lipinski definition) is 3. The minimum atomic E-state index is -0.393. The molecule has 0 spiro atoms. The Bertz CT molecular complexity index is 1080. The van der Waals surface area contributed by atoms with Gasteiger partial charge in [0.2, 0.25) is 0 Å². The van der Waals surface area contributed by atoms with Gasteiger partial charge in [-0.25, -0.2) is 14.4 Å². The van der Waals surface area contributed by atoms with E-state index >= 15 is 0 Å². The van der Waals surface area contributed by atoms with Gasteiger partial charge in [-0.15, -0.1) is 0 Å². The molecule has 2 aromatic heterocycles. The van der Waals surface area contributed by atoms with Crippen LogP contribution in [-0.4, -0.2) is 33.9 Å². The number of halogens is 1. The summed E-state index contributed by atoms with van der Waals surface area (Å²) < 4.78 is 13.5. The van der Waals surface area contributed by atoms with Crippen LogP contribution in [0.15, 0.2) is 30.6 Å². The third-order valence-electron chi connectivity index (χ3n) is 4.08. The van der Waals surface area contributed by atoms with E-state index in [1.165, 1.54) is 18.5 Å². The Morgan fingerprint density at radius 1 is 1.32 bits per heavy atom. The van der Waals surface area contributed by atoms with Gasteiger partial charge in [0, 0.05) is 24.9 Å². The fourth-order valence-corrected chi connectivity index (χ4v) is 2.77. The number of anilines is 2. The predicted octanol–water partition coefficient (Wildman–Crippen LogP) is 2.02. The second-order valence-electron chi connectivity index (χ2n) is 5.95. The van der Waals surface area contributed by atoms with Gasteiger partial charge in [-0.3, -0.25) is 9.78 Å². The number of nitrogens with zero attached hydrogens (tertiary/aromatic N) is 4. The van der Waals surface area contributed by atoms with Gasteiger partial charge in [0.05, 0.1) is 16.8 Å². The molecule has 142 valence electrons. The van der Waals surface area contributed by atoms with Crippen molar-refractivity contribution in [3.05, 3.63) is 53.2 Å². The van der Waals surface area contributed by atoms with Gasteiger partial charge in [0.1, 0.15) is 35.4 Å². The SMILES string of the molecule is CCNC(=O)c1cc2cc(F)ccc2nc1CCNc1ncnc(N)c1C#N. The molecule has 4 N–H and O–H groups in total. The Labute approximate surface area is 160 Å². The molecular weight excluding hydrogens is 361 g/mol. The molecule has 1 aromatic carbocycles. The molecule has 3 aromatic rings. The minimum Gasteiger partial charge on any atom is -0.382 e. The van der Waals surface area contributed by atoms with Crippen molar-refractivity contribution in [2.24, 2.45) is 0 Å². The summed E-state index contributed by atoms with van der Waals surface area (Å²) in [6.07, 6.45) is 1.65. The number of carbonyl (C=O) groups is 1. The summed E-state index contributed by atoms with van der Waals surface area (Å²) in [5, 5.41) is 15.5. The molecule has 0 radical (unpaired) electrons. The molecule has 0 fully saturated rings. The molecule has 8 nitrogen and oxygen atoms in total. The van der Waals surface area contributed by atoms with Crippen molar-refractivity contribution in [3.63, 3.8) is 0 Å². The van der Waals surface area contributed by atoms with Gasteiger partial charge in [-0.1, -0.05) is 0 Å². The number of rotatable bonds is 6. The minimum absolute atomic E-state index is 0.0915. The lowest BCUT2D eigenvalue weighted by Crippen LogP contribution is -2.25. The highest BCUT2D eigenvalue weighted by atomic mass is 19.1. The third kappa shape index (κ3) is 3.96. The number of nitrogens with two attached hydrogens (primary N) is 1. The second-order valence-corrected chi connectivity index (χ2v) is 5.95. The zero-order chi connectivity index (χ0) is 20.1. The first-order valence-corrected chi connectivity index (χ1v) is 8.65. The van der Waals surface area contributed by atoms with E-state index in [1.807, 2.05) is 13.0 Å². The highest BCUT2D eigenvalue weighted by Crippen LogP contribution is 2.20. The average molecular weight is 379 g/mol. The predicted molar refractivity (Wildman–Crippen MR) is 103 cm³/mol. The Balaban J connectivity index is 1.88. The van der Waals surface area contributed by atoms with E-state index in [1.54, 1.807) is 12.1 Å². The topological polar surface area (TPSA) is 130 Å². The van der Waals surface area contributed by atoms with Crippen molar-refractivity contribution in [3.8, 4) is 6.07 Å². The molecule has 0 aliphatic rings. The normalized spacial score (nSPS) is 10.5. The van der Waals surface area contributed by atoms with E-state index < -0.39 is 5.82 Å². The molecule has 1 amide bonds. The summed E-state index contributed by atoms with van der Waals surface area (Å²) >= 11 is 0. The van der Waals surface area contributed by atoms with Crippen LogP contribution in [0, 0.1) is 17.1 Å². The lowest BCUT2D eigenvalue weighted by atomic mass is 10.1. The monoisotopic (exact) mass is 379 g/mol. The van der Waals surface area contributed by atoms with Crippen LogP contribution < -0.4 is 16.4 Å². The number of hydrogen-bond acceptors (Lipinski definition) is 7. The molecule has 0 atom stereocenters. The van der Waals surface area contributed by atoms with Gasteiger partial charge < -0.3 is 16.4 Å². The largest absolute Gasteiger partial charge is 0.382 e. The summed E-state index contributed by atoms with van der Waals surface area (Å²) in [4.78, 5) is 24.8. The number of nitrogen functional groups attached to an aromatic ring is 1. The summed E-state index contributed by atoms with van der Waals surface area (Å²) in [5.41, 5.74) is 7.36. The second kappa shape index (κ2) is 8.26. The number of fused-ring (bicyclic) bond motifs is 1. The van der Waals surface area contributed by atoms with Crippen LogP contribution in [0.1, 0.15) is 28.5 Å². The Kier molecular flexibility index (Phi) is 5.60. The first-order chi connectivity index (χ1) is 13.5. The van der Waals surface area contributed by atoms with Gasteiger partial charge in [-0.05, 0) is 31.2 Å². The molecule has 28 heavy (non-hydrogen) atoms. The maximum Gasteiger partial charge on any atom is 0.253 e. The molecule has 0 aliphatic carbocycles. The maximum absolute atomic E-state index is 13.5. The van der Waals surface area contributed by atoms with Gasteiger partial charge in [0.25, 0.3) is 5.91 Å². The zero-order valence-electron chi connectivity index (χ0n) is 15.2. The molecular formula is C19H18FN7O. The molecule has 2 heterocycles. The van der Waals surface area contributed by atoms with E-state index in [0.717, 1.165) is 0 Å². The Morgan fingerprint density at radius 3 is 2.89 bits per heavy atom. The van der Waals surface area contributed by atoms with E-state index in [-0.39, 0.29) is 17.3 Å². The number of pyridine rings is 1. The van der Waals surface area contributed by atoms with Crippen molar-refractivity contribution in [2.75, 3.05) is 24.1 Å². The highest BCUT2D eigenvalue weighted by molar-refractivity contribution is 5.98. The lowest BCUT2D eigenvalue weighted by Gasteiger charge is -2.12. The number of carbonyl (C=O) groups excluding carboxylic acids is 1. The van der Waals surface area contributed by atoms with Crippen molar-refractivity contribution in [2.45, 2.75) is 13.3 Å². The van der Waals surface area contributed by atoms with Gasteiger partial charge in [-0.2, -0.15) is 5.26 Å². The number of nitriles is 1. The van der Waals surface area contributed by atoms with Crippen LogP contribution in [0.5, 0.6) is 0 Å². The van der Waals surface area contributed by atoms with Crippen molar-refractivity contribution in [1.29, 1.82) is 5.26 Å². The molecule has 0 saturated heterocycles. The van der Waals surface area contributed by atoms with E-state index in [0.29, 0.717) is 47.5 Å². The third-order valence-corrected chi connectivity index (χ3v) is 4.08. The Hall–Kier alpha value is -3.80. The summed E-state index contributed by atoms with van der Waals surface area (Å²) in [6, 6.07) is 7.83. The van der Waals surface area contributed by atoms with Crippen LogP contribution in [0.2, 0.25) is 0 Å². The fraction of sp³-hybridized carbons (Fsp3) is 0.211. The fourth-order valence-electron chi connectivity index (χ4n) is 2.77. The van der Waals surface area contributed by atoms with Crippen LogP contribution >= 0.6 is 0 Å². The molecule has 0 aliphatic heterocycles. The van der Waals surface area contributed by atoms with E-state index in [4.69, 9.17) is 5.73 Å². The summed E-state index contributed by atoms with van der Waals surface area (Å²) in [6.45, 7) is 2.64. The highest BCUT2D eigenvalue weighted by Gasteiger charge is 2.15. The van der Waals surface area contributed by atoms with Crippen LogP contribution in [-0.2, 0) is 6.42 Å². The maximum atomic E-state index is 13.5.